The summed E-state index contributed by atoms with van der Waals surface area (Å²) in [7, 11) is 0. The Morgan fingerprint density at radius 1 is 1.38 bits per heavy atom. The van der Waals surface area contributed by atoms with Crippen LogP contribution in [0.1, 0.15) is 11.1 Å². The number of hydrogen-bond donors (Lipinski definition) is 1. The molecule has 2 heterocycles. The molecule has 0 aliphatic carbocycles. The van der Waals surface area contributed by atoms with Crippen molar-refractivity contribution < 1.29 is 4.79 Å². The molecule has 0 atom stereocenters. The standard InChI is InChI=1S/C19H19N3O2S2/c1-3-9-22-18(24)15-8-10-25-17(15)21-19(22)26-12-16(23)20-11-14-7-5-4-6-13(14)2/h3-8,10H,1,9,11-12H2,2H3,(H,20,23). The molecule has 134 valence electrons. The Morgan fingerprint density at radius 2 is 2.19 bits per heavy atom. The van der Waals surface area contributed by atoms with E-state index in [1.54, 1.807) is 16.7 Å². The number of carbonyl (C=O) groups excluding carboxylic acids is 1. The summed E-state index contributed by atoms with van der Waals surface area (Å²) < 4.78 is 1.56. The minimum atomic E-state index is -0.0982. The molecule has 5 nitrogen and oxygen atoms in total. The maximum Gasteiger partial charge on any atom is 0.263 e. The Balaban J connectivity index is 1.69. The fourth-order valence-electron chi connectivity index (χ4n) is 2.51. The molecule has 0 saturated carbocycles. The number of nitrogens with zero attached hydrogens (tertiary/aromatic N) is 2. The topological polar surface area (TPSA) is 64.0 Å². The SMILES string of the molecule is C=CCn1c(SCC(=O)NCc2ccccc2C)nc2sccc2c1=O. The number of aryl methyl sites for hydroxylation is 1. The van der Waals surface area contributed by atoms with Crippen LogP contribution >= 0.6 is 23.1 Å². The van der Waals surface area contributed by atoms with Crippen LogP contribution in [-0.4, -0.2) is 21.2 Å². The zero-order valence-corrected chi connectivity index (χ0v) is 16.0. The lowest BCUT2D eigenvalue weighted by Crippen LogP contribution is -2.26. The molecular weight excluding hydrogens is 366 g/mol. The van der Waals surface area contributed by atoms with Gasteiger partial charge in [-0.25, -0.2) is 4.98 Å². The van der Waals surface area contributed by atoms with Crippen molar-refractivity contribution in [3.8, 4) is 0 Å². The fourth-order valence-corrected chi connectivity index (χ4v) is 4.16. The summed E-state index contributed by atoms with van der Waals surface area (Å²) in [6, 6.07) is 9.72. The molecule has 26 heavy (non-hydrogen) atoms. The van der Waals surface area contributed by atoms with Gasteiger partial charge in [0, 0.05) is 13.1 Å². The predicted octanol–water partition coefficient (Wildman–Crippen LogP) is 3.36. The highest BCUT2D eigenvalue weighted by atomic mass is 32.2. The van der Waals surface area contributed by atoms with Gasteiger partial charge in [-0.1, -0.05) is 42.1 Å². The molecule has 2 aromatic heterocycles. The number of thioether (sulfide) groups is 1. The van der Waals surface area contributed by atoms with E-state index in [-0.39, 0.29) is 17.2 Å². The first-order valence-corrected chi connectivity index (χ1v) is 9.99. The first-order valence-electron chi connectivity index (χ1n) is 8.13. The molecule has 3 rings (SSSR count). The molecule has 3 aromatic rings. The van der Waals surface area contributed by atoms with Gasteiger partial charge >= 0.3 is 0 Å². The zero-order valence-electron chi connectivity index (χ0n) is 14.4. The van der Waals surface area contributed by atoms with Crippen molar-refractivity contribution in [3.63, 3.8) is 0 Å². The molecule has 0 bridgehead atoms. The number of fused-ring (bicyclic) bond motifs is 1. The molecule has 1 aromatic carbocycles. The average molecular weight is 386 g/mol. The van der Waals surface area contributed by atoms with Crippen LogP contribution in [0.4, 0.5) is 0 Å². The van der Waals surface area contributed by atoms with Crippen LogP contribution in [-0.2, 0) is 17.9 Å². The third-order valence-corrected chi connectivity index (χ3v) is 5.71. The number of aromatic nitrogens is 2. The maximum absolute atomic E-state index is 12.6. The number of benzene rings is 1. The number of thiophene rings is 1. The number of carbonyl (C=O) groups is 1. The summed E-state index contributed by atoms with van der Waals surface area (Å²) in [5.74, 6) is 0.107. The van der Waals surface area contributed by atoms with E-state index in [4.69, 9.17) is 0 Å². The van der Waals surface area contributed by atoms with Gasteiger partial charge in [0.15, 0.2) is 5.16 Å². The molecule has 0 aliphatic rings. The highest BCUT2D eigenvalue weighted by Gasteiger charge is 2.13. The molecule has 0 radical (unpaired) electrons. The van der Waals surface area contributed by atoms with Crippen molar-refractivity contribution in [2.45, 2.75) is 25.2 Å². The molecule has 7 heteroatoms. The summed E-state index contributed by atoms with van der Waals surface area (Å²) in [4.78, 5) is 30.0. The van der Waals surface area contributed by atoms with Gasteiger partial charge in [0.05, 0.1) is 11.1 Å². The number of rotatable bonds is 7. The smallest absolute Gasteiger partial charge is 0.263 e. The van der Waals surface area contributed by atoms with E-state index < -0.39 is 0 Å². The van der Waals surface area contributed by atoms with Gasteiger partial charge in [0.2, 0.25) is 5.91 Å². The van der Waals surface area contributed by atoms with Crippen molar-refractivity contribution in [1.82, 2.24) is 14.9 Å². The van der Waals surface area contributed by atoms with Gasteiger partial charge in [0.25, 0.3) is 5.56 Å². The number of nitrogens with one attached hydrogen (secondary N) is 1. The normalized spacial score (nSPS) is 10.8. The first-order chi connectivity index (χ1) is 12.6. The van der Waals surface area contributed by atoms with E-state index in [9.17, 15) is 9.59 Å². The highest BCUT2D eigenvalue weighted by Crippen LogP contribution is 2.21. The van der Waals surface area contributed by atoms with E-state index in [2.05, 4.69) is 16.9 Å². The van der Waals surface area contributed by atoms with Gasteiger partial charge in [-0.3, -0.25) is 14.2 Å². The Kier molecular flexibility index (Phi) is 5.90. The second-order valence-corrected chi connectivity index (χ2v) is 7.57. The third kappa shape index (κ3) is 4.05. The molecule has 1 N–H and O–H groups in total. The van der Waals surface area contributed by atoms with Crippen LogP contribution in [0, 0.1) is 6.92 Å². The van der Waals surface area contributed by atoms with Crippen molar-refractivity contribution in [3.05, 3.63) is 69.8 Å². The quantitative estimate of drug-likeness (QED) is 0.385. The van der Waals surface area contributed by atoms with E-state index >= 15 is 0 Å². The Morgan fingerprint density at radius 3 is 2.96 bits per heavy atom. The summed E-state index contributed by atoms with van der Waals surface area (Å²) in [6.07, 6.45) is 1.66. The van der Waals surface area contributed by atoms with Crippen LogP contribution in [0.15, 0.2) is 58.3 Å². The maximum atomic E-state index is 12.6. The zero-order chi connectivity index (χ0) is 18.5. The molecule has 0 saturated heterocycles. The third-order valence-electron chi connectivity index (χ3n) is 3.93. The van der Waals surface area contributed by atoms with Crippen molar-refractivity contribution >= 4 is 39.2 Å². The molecule has 0 unspecified atom stereocenters. The predicted molar refractivity (Wildman–Crippen MR) is 108 cm³/mol. The summed E-state index contributed by atoms with van der Waals surface area (Å²) in [5, 5.41) is 5.90. The van der Waals surface area contributed by atoms with Gasteiger partial charge in [-0.15, -0.1) is 17.9 Å². The molecule has 0 aliphatic heterocycles. The number of amides is 1. The van der Waals surface area contributed by atoms with Crippen LogP contribution in [0.2, 0.25) is 0 Å². The first kappa shape index (κ1) is 18.4. The summed E-state index contributed by atoms with van der Waals surface area (Å²) in [6.45, 7) is 6.57. The van der Waals surface area contributed by atoms with Gasteiger partial charge in [-0.05, 0) is 29.5 Å². The number of hydrogen-bond acceptors (Lipinski definition) is 5. The van der Waals surface area contributed by atoms with E-state index in [1.807, 2.05) is 36.6 Å². The van der Waals surface area contributed by atoms with Crippen LogP contribution in [0.5, 0.6) is 0 Å². The molecule has 0 fully saturated rings. The fraction of sp³-hybridized carbons (Fsp3) is 0.211. The minimum Gasteiger partial charge on any atom is -0.351 e. The summed E-state index contributed by atoms with van der Waals surface area (Å²) >= 11 is 2.69. The second-order valence-electron chi connectivity index (χ2n) is 5.73. The van der Waals surface area contributed by atoms with Crippen LogP contribution in [0.25, 0.3) is 10.2 Å². The molecule has 1 amide bonds. The number of allylic oxidation sites excluding steroid dienone is 1. The van der Waals surface area contributed by atoms with Crippen LogP contribution < -0.4 is 10.9 Å². The Hall–Kier alpha value is -2.38. The Bertz CT molecular complexity index is 1010. The van der Waals surface area contributed by atoms with Crippen molar-refractivity contribution in [1.29, 1.82) is 0 Å². The lowest BCUT2D eigenvalue weighted by Gasteiger charge is -2.11. The largest absolute Gasteiger partial charge is 0.351 e. The Labute approximate surface area is 159 Å². The van der Waals surface area contributed by atoms with E-state index in [0.717, 1.165) is 11.1 Å². The van der Waals surface area contributed by atoms with Gasteiger partial charge < -0.3 is 5.32 Å². The van der Waals surface area contributed by atoms with E-state index in [1.165, 1.54) is 23.1 Å². The molecular formula is C19H19N3O2S2. The average Bonchev–Trinajstić information content (AvgIpc) is 3.11. The second kappa shape index (κ2) is 8.33. The highest BCUT2D eigenvalue weighted by molar-refractivity contribution is 7.99. The minimum absolute atomic E-state index is 0.0936. The monoisotopic (exact) mass is 385 g/mol. The lowest BCUT2D eigenvalue weighted by molar-refractivity contribution is -0.118. The van der Waals surface area contributed by atoms with Crippen molar-refractivity contribution in [2.75, 3.05) is 5.75 Å². The molecule has 0 spiro atoms. The summed E-state index contributed by atoms with van der Waals surface area (Å²) in [5.41, 5.74) is 2.14. The van der Waals surface area contributed by atoms with Crippen molar-refractivity contribution in [2.24, 2.45) is 0 Å². The van der Waals surface area contributed by atoms with Gasteiger partial charge in [-0.2, -0.15) is 0 Å². The lowest BCUT2D eigenvalue weighted by atomic mass is 10.1. The van der Waals surface area contributed by atoms with Gasteiger partial charge in [0.1, 0.15) is 4.83 Å². The van der Waals surface area contributed by atoms with Crippen LogP contribution in [0.3, 0.4) is 0 Å². The van der Waals surface area contributed by atoms with E-state index in [0.29, 0.717) is 28.5 Å².